The van der Waals surface area contributed by atoms with Gasteiger partial charge in [-0.1, -0.05) is 12.1 Å². The molecule has 0 aliphatic carbocycles. The molecular weight excluding hydrogens is 394 g/mol. The molecule has 0 radical (unpaired) electrons. The molecule has 1 aliphatic heterocycles. The molecule has 160 valence electrons. The van der Waals surface area contributed by atoms with E-state index in [1.807, 2.05) is 56.3 Å². The number of aryl methyl sites for hydroxylation is 1. The van der Waals surface area contributed by atoms with Crippen molar-refractivity contribution in [2.45, 2.75) is 20.4 Å². The number of aromatic nitrogens is 2. The number of anilines is 3. The van der Waals surface area contributed by atoms with Gasteiger partial charge in [0.1, 0.15) is 23.0 Å². The Morgan fingerprint density at radius 1 is 1.23 bits per heavy atom. The molecule has 8 nitrogen and oxygen atoms in total. The largest absolute Gasteiger partial charge is 0.497 e. The molecule has 1 aliphatic rings. The Labute approximate surface area is 180 Å². The zero-order valence-electron chi connectivity index (χ0n) is 17.8. The van der Waals surface area contributed by atoms with Gasteiger partial charge >= 0.3 is 0 Å². The van der Waals surface area contributed by atoms with E-state index in [1.54, 1.807) is 29.1 Å². The van der Waals surface area contributed by atoms with Gasteiger partial charge in [0, 0.05) is 5.56 Å². The highest BCUT2D eigenvalue weighted by atomic mass is 16.7. The van der Waals surface area contributed by atoms with E-state index in [4.69, 9.17) is 15.3 Å². The Hall–Kier alpha value is -3.94. The van der Waals surface area contributed by atoms with Crippen molar-refractivity contribution in [1.29, 1.82) is 0 Å². The average Bonchev–Trinajstić information content (AvgIpc) is 3.35. The summed E-state index contributed by atoms with van der Waals surface area (Å²) in [6.45, 7) is 4.97. The van der Waals surface area contributed by atoms with Gasteiger partial charge in [-0.2, -0.15) is 5.10 Å². The summed E-state index contributed by atoms with van der Waals surface area (Å²) < 4.78 is 6.82. The van der Waals surface area contributed by atoms with Crippen LogP contribution in [0.25, 0.3) is 0 Å². The van der Waals surface area contributed by atoms with E-state index in [9.17, 15) is 4.79 Å². The Balaban J connectivity index is 1.45. The van der Waals surface area contributed by atoms with Gasteiger partial charge in [-0.25, -0.2) is 9.75 Å². The van der Waals surface area contributed by atoms with Crippen LogP contribution in [0.2, 0.25) is 0 Å². The van der Waals surface area contributed by atoms with Gasteiger partial charge in [0.2, 0.25) is 0 Å². The van der Waals surface area contributed by atoms with Crippen LogP contribution >= 0.6 is 0 Å². The number of carbonyl (C=O) groups is 1. The minimum Gasteiger partial charge on any atom is -0.497 e. The standard InChI is InChI=1S/C23H25N5O3/c1-15-12-18(28-11-10-16(2)31-28)6-9-20(15)23(29)26-21-13-25-27(22(21)24)14-17-4-7-19(30-3)8-5-17/h4-10,12-13H,11,14,24H2,1-3H3,(H,26,29). The maximum Gasteiger partial charge on any atom is 0.256 e. The molecule has 0 fully saturated rings. The zero-order chi connectivity index (χ0) is 22.0. The van der Waals surface area contributed by atoms with E-state index in [1.165, 1.54) is 0 Å². The third-order valence-corrected chi connectivity index (χ3v) is 5.16. The SMILES string of the molecule is COc1ccc(Cn2ncc(NC(=O)c3ccc(N4CC=C(C)O4)cc3C)c2N)cc1. The third kappa shape index (κ3) is 4.32. The molecular formula is C23H25N5O3. The lowest BCUT2D eigenvalue weighted by Gasteiger charge is -2.19. The Bertz CT molecular complexity index is 1130. The van der Waals surface area contributed by atoms with Gasteiger partial charge in [-0.05, 0) is 61.4 Å². The Morgan fingerprint density at radius 3 is 2.65 bits per heavy atom. The summed E-state index contributed by atoms with van der Waals surface area (Å²) in [5.41, 5.74) is 10.0. The number of benzene rings is 2. The van der Waals surface area contributed by atoms with Gasteiger partial charge in [-0.3, -0.25) is 4.79 Å². The van der Waals surface area contributed by atoms with Crippen molar-refractivity contribution < 1.29 is 14.4 Å². The van der Waals surface area contributed by atoms with Crippen LogP contribution in [-0.4, -0.2) is 29.3 Å². The maximum absolute atomic E-state index is 12.8. The van der Waals surface area contributed by atoms with Crippen molar-refractivity contribution in [3.8, 4) is 5.75 Å². The molecule has 1 aromatic heterocycles. The van der Waals surface area contributed by atoms with Crippen LogP contribution in [0.3, 0.4) is 0 Å². The highest BCUT2D eigenvalue weighted by Gasteiger charge is 2.18. The van der Waals surface area contributed by atoms with E-state index in [2.05, 4.69) is 10.4 Å². The molecule has 2 aromatic carbocycles. The molecule has 0 spiro atoms. The fourth-order valence-corrected chi connectivity index (χ4v) is 3.39. The second-order valence-corrected chi connectivity index (χ2v) is 7.37. The predicted molar refractivity (Wildman–Crippen MR) is 120 cm³/mol. The van der Waals surface area contributed by atoms with Crippen molar-refractivity contribution in [3.05, 3.63) is 77.2 Å². The van der Waals surface area contributed by atoms with Crippen molar-refractivity contribution in [2.75, 3.05) is 29.8 Å². The van der Waals surface area contributed by atoms with Gasteiger partial charge in [0.05, 0.1) is 32.1 Å². The number of nitrogen functional groups attached to an aromatic ring is 1. The summed E-state index contributed by atoms with van der Waals surface area (Å²) in [6, 6.07) is 13.2. The van der Waals surface area contributed by atoms with E-state index < -0.39 is 0 Å². The summed E-state index contributed by atoms with van der Waals surface area (Å²) in [6.07, 6.45) is 3.56. The van der Waals surface area contributed by atoms with E-state index >= 15 is 0 Å². The second-order valence-electron chi connectivity index (χ2n) is 7.37. The third-order valence-electron chi connectivity index (χ3n) is 5.16. The first-order valence-electron chi connectivity index (χ1n) is 9.93. The molecule has 0 saturated heterocycles. The van der Waals surface area contributed by atoms with Crippen LogP contribution < -0.4 is 20.9 Å². The molecule has 0 unspecified atom stereocenters. The number of hydrogen-bond donors (Lipinski definition) is 2. The number of nitrogens with two attached hydrogens (primary N) is 1. The number of amides is 1. The summed E-state index contributed by atoms with van der Waals surface area (Å²) in [5, 5.41) is 8.96. The van der Waals surface area contributed by atoms with Gasteiger partial charge < -0.3 is 20.6 Å². The van der Waals surface area contributed by atoms with E-state index in [0.29, 0.717) is 30.2 Å². The molecule has 8 heteroatoms. The van der Waals surface area contributed by atoms with Crippen molar-refractivity contribution >= 4 is 23.1 Å². The number of hydroxylamine groups is 1. The summed E-state index contributed by atoms with van der Waals surface area (Å²) in [5.74, 6) is 1.80. The van der Waals surface area contributed by atoms with Gasteiger partial charge in [0.25, 0.3) is 5.91 Å². The smallest absolute Gasteiger partial charge is 0.256 e. The fraction of sp³-hybridized carbons (Fsp3) is 0.217. The molecule has 31 heavy (non-hydrogen) atoms. The number of nitrogens with one attached hydrogen (secondary N) is 1. The Morgan fingerprint density at radius 2 is 2.00 bits per heavy atom. The fourth-order valence-electron chi connectivity index (χ4n) is 3.39. The number of carbonyl (C=O) groups excluding carboxylic acids is 1. The maximum atomic E-state index is 12.8. The number of allylic oxidation sites excluding steroid dienone is 1. The quantitative estimate of drug-likeness (QED) is 0.632. The molecule has 0 atom stereocenters. The van der Waals surface area contributed by atoms with Crippen molar-refractivity contribution in [2.24, 2.45) is 0 Å². The lowest BCUT2D eigenvalue weighted by molar-refractivity contribution is 0.102. The average molecular weight is 419 g/mol. The minimum atomic E-state index is -0.239. The van der Waals surface area contributed by atoms with Crippen molar-refractivity contribution in [3.63, 3.8) is 0 Å². The van der Waals surface area contributed by atoms with Crippen LogP contribution in [0.1, 0.15) is 28.4 Å². The number of ether oxygens (including phenoxy) is 1. The van der Waals surface area contributed by atoms with E-state index in [-0.39, 0.29) is 5.91 Å². The number of nitrogens with zero attached hydrogens (tertiary/aromatic N) is 3. The molecule has 2 heterocycles. The highest BCUT2D eigenvalue weighted by Crippen LogP contribution is 2.25. The predicted octanol–water partition coefficient (Wildman–Crippen LogP) is 3.74. The molecule has 1 amide bonds. The second kappa shape index (κ2) is 8.43. The first-order valence-corrected chi connectivity index (χ1v) is 9.93. The Kier molecular flexibility index (Phi) is 5.53. The highest BCUT2D eigenvalue weighted by molar-refractivity contribution is 6.06. The molecule has 3 aromatic rings. The van der Waals surface area contributed by atoms with E-state index in [0.717, 1.165) is 28.3 Å². The summed E-state index contributed by atoms with van der Waals surface area (Å²) in [7, 11) is 1.63. The first kappa shape index (κ1) is 20.3. The summed E-state index contributed by atoms with van der Waals surface area (Å²) in [4.78, 5) is 18.5. The molecule has 4 rings (SSSR count). The number of rotatable bonds is 6. The monoisotopic (exact) mass is 419 g/mol. The lowest BCUT2D eigenvalue weighted by atomic mass is 10.1. The van der Waals surface area contributed by atoms with Gasteiger partial charge in [-0.15, -0.1) is 0 Å². The molecule has 0 bridgehead atoms. The molecule has 0 saturated carbocycles. The normalized spacial score (nSPS) is 13.0. The number of methoxy groups -OCH3 is 1. The minimum absolute atomic E-state index is 0.239. The van der Waals surface area contributed by atoms with Crippen LogP contribution in [-0.2, 0) is 11.4 Å². The van der Waals surface area contributed by atoms with Crippen LogP contribution in [0.15, 0.2) is 60.5 Å². The van der Waals surface area contributed by atoms with Crippen LogP contribution in [0, 0.1) is 6.92 Å². The van der Waals surface area contributed by atoms with Crippen LogP contribution in [0.5, 0.6) is 5.75 Å². The number of hydrogen-bond acceptors (Lipinski definition) is 6. The summed E-state index contributed by atoms with van der Waals surface area (Å²) >= 11 is 0. The first-order chi connectivity index (χ1) is 14.9. The van der Waals surface area contributed by atoms with Crippen LogP contribution in [0.4, 0.5) is 17.2 Å². The molecule has 3 N–H and O–H groups in total. The zero-order valence-corrected chi connectivity index (χ0v) is 17.8. The van der Waals surface area contributed by atoms with Crippen molar-refractivity contribution in [1.82, 2.24) is 9.78 Å². The lowest BCUT2D eigenvalue weighted by Crippen LogP contribution is -2.19. The topological polar surface area (TPSA) is 94.6 Å². The van der Waals surface area contributed by atoms with Gasteiger partial charge in [0.15, 0.2) is 0 Å².